The quantitative estimate of drug-likeness (QED) is 0.921. The van der Waals surface area contributed by atoms with Crippen molar-refractivity contribution in [2.45, 2.75) is 26.8 Å². The van der Waals surface area contributed by atoms with Gasteiger partial charge in [0.2, 0.25) is 0 Å². The van der Waals surface area contributed by atoms with Crippen molar-refractivity contribution in [3.63, 3.8) is 0 Å². The molecule has 6 nitrogen and oxygen atoms in total. The van der Waals surface area contributed by atoms with E-state index >= 15 is 0 Å². The fourth-order valence-electron chi connectivity index (χ4n) is 1.95. The van der Waals surface area contributed by atoms with Gasteiger partial charge in [-0.2, -0.15) is 0 Å². The van der Waals surface area contributed by atoms with Crippen molar-refractivity contribution in [3.05, 3.63) is 41.2 Å². The van der Waals surface area contributed by atoms with Crippen molar-refractivity contribution < 1.29 is 9.90 Å². The van der Waals surface area contributed by atoms with Gasteiger partial charge >= 0.3 is 0 Å². The van der Waals surface area contributed by atoms with E-state index in [-0.39, 0.29) is 18.6 Å². The predicted molar refractivity (Wildman–Crippen MR) is 79.5 cm³/mol. The van der Waals surface area contributed by atoms with Crippen LogP contribution in [0.2, 0.25) is 0 Å². The number of carbonyl (C=O) groups is 1. The SMILES string of the molecule is Cc1ccc(-n2nnc(C(=O)N(C)C(C)CO)c2C)cc1. The normalized spacial score (nSPS) is 12.2. The van der Waals surface area contributed by atoms with Gasteiger partial charge in [0.1, 0.15) is 0 Å². The molecule has 0 saturated heterocycles. The molecule has 0 radical (unpaired) electrons. The summed E-state index contributed by atoms with van der Waals surface area (Å²) in [5.74, 6) is -0.243. The summed E-state index contributed by atoms with van der Waals surface area (Å²) in [6.45, 7) is 5.51. The zero-order valence-corrected chi connectivity index (χ0v) is 12.7. The molecule has 1 aromatic heterocycles. The summed E-state index contributed by atoms with van der Waals surface area (Å²) in [4.78, 5) is 13.8. The third kappa shape index (κ3) is 2.95. The van der Waals surface area contributed by atoms with E-state index in [0.717, 1.165) is 11.3 Å². The topological polar surface area (TPSA) is 71.2 Å². The maximum Gasteiger partial charge on any atom is 0.276 e. The molecule has 0 aliphatic carbocycles. The van der Waals surface area contributed by atoms with Crippen LogP contribution in [0.15, 0.2) is 24.3 Å². The van der Waals surface area contributed by atoms with E-state index in [0.29, 0.717) is 11.4 Å². The minimum absolute atomic E-state index is 0.0899. The molecule has 0 aliphatic heterocycles. The Labute approximate surface area is 124 Å². The number of aromatic nitrogens is 3. The van der Waals surface area contributed by atoms with Crippen LogP contribution in [-0.4, -0.2) is 50.6 Å². The highest BCUT2D eigenvalue weighted by Crippen LogP contribution is 2.14. The minimum atomic E-state index is -0.263. The van der Waals surface area contributed by atoms with Gasteiger partial charge in [0.05, 0.1) is 24.0 Å². The van der Waals surface area contributed by atoms with E-state index in [1.807, 2.05) is 38.1 Å². The highest BCUT2D eigenvalue weighted by atomic mass is 16.3. The number of benzene rings is 1. The van der Waals surface area contributed by atoms with Crippen LogP contribution >= 0.6 is 0 Å². The molecule has 1 atom stereocenters. The largest absolute Gasteiger partial charge is 0.394 e. The maximum absolute atomic E-state index is 12.4. The molecule has 0 aliphatic rings. The molecule has 0 saturated carbocycles. The van der Waals surface area contributed by atoms with E-state index in [2.05, 4.69) is 10.3 Å². The van der Waals surface area contributed by atoms with Crippen molar-refractivity contribution in [1.29, 1.82) is 0 Å². The molecule has 0 bridgehead atoms. The highest BCUT2D eigenvalue weighted by molar-refractivity contribution is 5.93. The molecule has 1 N–H and O–H groups in total. The molecule has 0 spiro atoms. The van der Waals surface area contributed by atoms with E-state index in [9.17, 15) is 4.79 Å². The van der Waals surface area contributed by atoms with E-state index in [1.165, 1.54) is 4.90 Å². The van der Waals surface area contributed by atoms with Gasteiger partial charge in [-0.15, -0.1) is 5.10 Å². The summed E-state index contributed by atoms with van der Waals surface area (Å²) in [7, 11) is 1.65. The molecule has 112 valence electrons. The zero-order valence-electron chi connectivity index (χ0n) is 12.7. The number of aliphatic hydroxyl groups excluding tert-OH is 1. The second-order valence-electron chi connectivity index (χ2n) is 5.22. The molecule has 2 rings (SSSR count). The Bertz CT molecular complexity index is 634. The first-order valence-corrected chi connectivity index (χ1v) is 6.83. The van der Waals surface area contributed by atoms with Crippen LogP contribution in [0.3, 0.4) is 0 Å². The summed E-state index contributed by atoms with van der Waals surface area (Å²) in [6.07, 6.45) is 0. The van der Waals surface area contributed by atoms with Crippen LogP contribution < -0.4 is 0 Å². The molecular weight excluding hydrogens is 268 g/mol. The van der Waals surface area contributed by atoms with Crippen LogP contribution in [0.25, 0.3) is 5.69 Å². The van der Waals surface area contributed by atoms with Gasteiger partial charge in [-0.1, -0.05) is 22.9 Å². The Kier molecular flexibility index (Phi) is 4.37. The van der Waals surface area contributed by atoms with E-state index in [1.54, 1.807) is 18.7 Å². The first-order valence-electron chi connectivity index (χ1n) is 6.83. The van der Waals surface area contributed by atoms with Crippen molar-refractivity contribution in [3.8, 4) is 5.69 Å². The molecular formula is C15H20N4O2. The Morgan fingerprint density at radius 3 is 2.52 bits per heavy atom. The lowest BCUT2D eigenvalue weighted by molar-refractivity contribution is 0.0675. The monoisotopic (exact) mass is 288 g/mol. The molecule has 21 heavy (non-hydrogen) atoms. The minimum Gasteiger partial charge on any atom is -0.394 e. The van der Waals surface area contributed by atoms with Crippen LogP contribution in [-0.2, 0) is 0 Å². The molecule has 1 unspecified atom stereocenters. The Hall–Kier alpha value is -2.21. The highest BCUT2D eigenvalue weighted by Gasteiger charge is 2.23. The second kappa shape index (κ2) is 6.05. The van der Waals surface area contributed by atoms with Crippen LogP contribution in [0.5, 0.6) is 0 Å². The van der Waals surface area contributed by atoms with Gasteiger partial charge in [-0.3, -0.25) is 4.79 Å². The summed E-state index contributed by atoms with van der Waals surface area (Å²) in [5, 5.41) is 17.2. The van der Waals surface area contributed by atoms with Gasteiger partial charge in [0.15, 0.2) is 5.69 Å². The number of rotatable bonds is 4. The van der Waals surface area contributed by atoms with Gasteiger partial charge in [-0.25, -0.2) is 4.68 Å². The summed E-state index contributed by atoms with van der Waals surface area (Å²) < 4.78 is 1.64. The van der Waals surface area contributed by atoms with Crippen molar-refractivity contribution in [1.82, 2.24) is 19.9 Å². The first kappa shape index (κ1) is 15.2. The average Bonchev–Trinajstić information content (AvgIpc) is 2.87. The Balaban J connectivity index is 2.32. The third-order valence-electron chi connectivity index (χ3n) is 3.62. The number of nitrogens with zero attached hydrogens (tertiary/aromatic N) is 4. The first-order chi connectivity index (χ1) is 9.95. The van der Waals surface area contributed by atoms with Crippen molar-refractivity contribution in [2.75, 3.05) is 13.7 Å². The second-order valence-corrected chi connectivity index (χ2v) is 5.22. The fraction of sp³-hybridized carbons (Fsp3) is 0.400. The number of hydrogen-bond acceptors (Lipinski definition) is 4. The van der Waals surface area contributed by atoms with Crippen LogP contribution in [0, 0.1) is 13.8 Å². The number of amides is 1. The molecule has 1 heterocycles. The molecule has 1 aromatic carbocycles. The number of aliphatic hydroxyl groups is 1. The van der Waals surface area contributed by atoms with Crippen molar-refractivity contribution in [2.24, 2.45) is 0 Å². The zero-order chi connectivity index (χ0) is 15.6. The standard InChI is InChI=1S/C15H20N4O2/c1-10-5-7-13(8-6-10)19-12(3)14(16-17-19)15(21)18(4)11(2)9-20/h5-8,11,20H,9H2,1-4H3. The van der Waals surface area contributed by atoms with E-state index in [4.69, 9.17) is 5.11 Å². The Morgan fingerprint density at radius 2 is 1.95 bits per heavy atom. The van der Waals surface area contributed by atoms with Gasteiger partial charge in [0.25, 0.3) is 5.91 Å². The molecule has 1 amide bonds. The van der Waals surface area contributed by atoms with Gasteiger partial charge in [-0.05, 0) is 32.9 Å². The Morgan fingerprint density at radius 1 is 1.33 bits per heavy atom. The number of aryl methyl sites for hydroxylation is 1. The average molecular weight is 288 g/mol. The predicted octanol–water partition coefficient (Wildman–Crippen LogP) is 1.34. The smallest absolute Gasteiger partial charge is 0.276 e. The molecule has 6 heteroatoms. The van der Waals surface area contributed by atoms with Gasteiger partial charge < -0.3 is 10.0 Å². The third-order valence-corrected chi connectivity index (χ3v) is 3.62. The number of carbonyl (C=O) groups excluding carboxylic acids is 1. The molecule has 2 aromatic rings. The number of likely N-dealkylation sites (N-methyl/N-ethyl adjacent to an activating group) is 1. The van der Waals surface area contributed by atoms with Crippen molar-refractivity contribution >= 4 is 5.91 Å². The number of hydrogen-bond donors (Lipinski definition) is 1. The molecule has 0 fully saturated rings. The van der Waals surface area contributed by atoms with Crippen LogP contribution in [0.1, 0.15) is 28.7 Å². The summed E-state index contributed by atoms with van der Waals surface area (Å²) in [6, 6.07) is 7.58. The lowest BCUT2D eigenvalue weighted by Gasteiger charge is -2.22. The summed E-state index contributed by atoms with van der Waals surface area (Å²) >= 11 is 0. The lowest BCUT2D eigenvalue weighted by Crippen LogP contribution is -2.37. The van der Waals surface area contributed by atoms with E-state index < -0.39 is 0 Å². The fourth-order valence-corrected chi connectivity index (χ4v) is 1.95. The van der Waals surface area contributed by atoms with Crippen LogP contribution in [0.4, 0.5) is 0 Å². The summed E-state index contributed by atoms with van der Waals surface area (Å²) in [5.41, 5.74) is 3.01. The van der Waals surface area contributed by atoms with Gasteiger partial charge in [0, 0.05) is 7.05 Å². The maximum atomic E-state index is 12.4. The lowest BCUT2D eigenvalue weighted by atomic mass is 10.2.